The number of ether oxygens (including phenoxy) is 2. The Morgan fingerprint density at radius 1 is 0.884 bits per heavy atom. The van der Waals surface area contributed by atoms with Gasteiger partial charge in [0, 0.05) is 30.8 Å². The Morgan fingerprint density at radius 3 is 2.05 bits per heavy atom. The van der Waals surface area contributed by atoms with E-state index in [0.717, 1.165) is 17.1 Å². The number of hydrogen-bond acceptors (Lipinski definition) is 9. The van der Waals surface area contributed by atoms with E-state index in [1.165, 1.54) is 6.92 Å². The molecule has 2 rings (SSSR count). The number of amides is 6. The van der Waals surface area contributed by atoms with Crippen molar-refractivity contribution in [3.05, 3.63) is 42.0 Å². The number of nitrogens with one attached hydrogen (secondary N) is 4. The summed E-state index contributed by atoms with van der Waals surface area (Å²) < 4.78 is 10.3. The number of hydrogen-bond donors (Lipinski definition) is 4. The fourth-order valence-corrected chi connectivity index (χ4v) is 3.63. The van der Waals surface area contributed by atoms with Gasteiger partial charge in [-0.05, 0) is 51.3 Å². The Kier molecular flexibility index (Phi) is 12.4. The standard InChI is InChI=1S/C29H39N5O9/c1-17(2)25(33-21(35)13-14-34-23(37)11-12-24(34)38)26(39)30-15-22(36)32-20-9-7-19(8-10-20)16-42-28(41)31-18(3)27(40)43-29(4,5)6/h7-12,17-18,25H,13-16H2,1-6H3,(H,30,39)(H,31,41)(H,32,36)(H,33,35). The van der Waals surface area contributed by atoms with Crippen LogP contribution >= 0.6 is 0 Å². The van der Waals surface area contributed by atoms with Crippen LogP contribution in [-0.4, -0.2) is 77.3 Å². The van der Waals surface area contributed by atoms with Crippen LogP contribution in [0, 0.1) is 5.92 Å². The predicted octanol–water partition coefficient (Wildman–Crippen LogP) is 1.15. The van der Waals surface area contributed by atoms with E-state index in [9.17, 15) is 33.6 Å². The summed E-state index contributed by atoms with van der Waals surface area (Å²) in [6.07, 6.45) is 1.28. The van der Waals surface area contributed by atoms with Crippen LogP contribution in [0.1, 0.15) is 53.5 Å². The van der Waals surface area contributed by atoms with Crippen molar-refractivity contribution in [2.45, 2.75) is 72.3 Å². The molecule has 14 heteroatoms. The number of alkyl carbamates (subject to hydrolysis) is 1. The lowest BCUT2D eigenvalue weighted by Gasteiger charge is -2.22. The van der Waals surface area contributed by atoms with Crippen molar-refractivity contribution in [2.75, 3.05) is 18.4 Å². The van der Waals surface area contributed by atoms with Gasteiger partial charge in [0.15, 0.2) is 0 Å². The normalized spacial score (nSPS) is 14.2. The molecule has 0 fully saturated rings. The van der Waals surface area contributed by atoms with Gasteiger partial charge in [0.05, 0.1) is 6.54 Å². The highest BCUT2D eigenvalue weighted by atomic mass is 16.6. The molecule has 1 heterocycles. The molecule has 4 N–H and O–H groups in total. The van der Waals surface area contributed by atoms with E-state index in [0.29, 0.717) is 11.3 Å². The summed E-state index contributed by atoms with van der Waals surface area (Å²) in [5, 5.41) is 10.1. The Bertz CT molecular complexity index is 1230. The highest BCUT2D eigenvalue weighted by Crippen LogP contribution is 2.12. The summed E-state index contributed by atoms with van der Waals surface area (Å²) in [4.78, 5) is 85.6. The maximum atomic E-state index is 12.7. The number of benzene rings is 1. The molecule has 0 spiro atoms. The first-order valence-electron chi connectivity index (χ1n) is 13.7. The van der Waals surface area contributed by atoms with Crippen molar-refractivity contribution >= 4 is 47.3 Å². The second-order valence-electron chi connectivity index (χ2n) is 11.1. The van der Waals surface area contributed by atoms with E-state index in [-0.39, 0.29) is 32.0 Å². The summed E-state index contributed by atoms with van der Waals surface area (Å²) in [6.45, 7) is 9.52. The molecule has 0 radical (unpaired) electrons. The highest BCUT2D eigenvalue weighted by molar-refractivity contribution is 6.13. The van der Waals surface area contributed by atoms with Crippen LogP contribution in [0.5, 0.6) is 0 Å². The van der Waals surface area contributed by atoms with Crippen LogP contribution in [0.2, 0.25) is 0 Å². The molecule has 2 atom stereocenters. The van der Waals surface area contributed by atoms with Gasteiger partial charge in [-0.25, -0.2) is 9.59 Å². The molecule has 0 aromatic heterocycles. The van der Waals surface area contributed by atoms with E-state index in [2.05, 4.69) is 21.3 Å². The van der Waals surface area contributed by atoms with Crippen molar-refractivity contribution in [1.29, 1.82) is 0 Å². The van der Waals surface area contributed by atoms with Crippen LogP contribution < -0.4 is 21.3 Å². The Morgan fingerprint density at radius 2 is 1.49 bits per heavy atom. The molecule has 0 saturated carbocycles. The average molecular weight is 602 g/mol. The van der Waals surface area contributed by atoms with E-state index in [4.69, 9.17) is 9.47 Å². The largest absolute Gasteiger partial charge is 0.458 e. The van der Waals surface area contributed by atoms with Crippen molar-refractivity contribution in [3.8, 4) is 0 Å². The zero-order valence-electron chi connectivity index (χ0n) is 25.1. The molecule has 0 aliphatic carbocycles. The number of carbonyl (C=O) groups excluding carboxylic acids is 7. The number of rotatable bonds is 13. The lowest BCUT2D eigenvalue weighted by atomic mass is 10.0. The van der Waals surface area contributed by atoms with Crippen LogP contribution in [-0.2, 0) is 44.8 Å². The quantitative estimate of drug-likeness (QED) is 0.190. The fraction of sp³-hybridized carbons (Fsp3) is 0.483. The molecule has 1 aliphatic heterocycles. The van der Waals surface area contributed by atoms with Gasteiger partial charge in [-0.2, -0.15) is 0 Å². The third kappa shape index (κ3) is 11.9. The summed E-state index contributed by atoms with van der Waals surface area (Å²) in [7, 11) is 0. The maximum Gasteiger partial charge on any atom is 0.408 e. The second-order valence-corrected chi connectivity index (χ2v) is 11.1. The van der Waals surface area contributed by atoms with Crippen molar-refractivity contribution in [3.63, 3.8) is 0 Å². The van der Waals surface area contributed by atoms with E-state index in [1.54, 1.807) is 58.9 Å². The topological polar surface area (TPSA) is 189 Å². The van der Waals surface area contributed by atoms with Crippen molar-refractivity contribution < 1.29 is 43.0 Å². The molecule has 0 saturated heterocycles. The molecule has 2 unspecified atom stereocenters. The van der Waals surface area contributed by atoms with E-state index < -0.39 is 59.3 Å². The van der Waals surface area contributed by atoms with Crippen LogP contribution in [0.3, 0.4) is 0 Å². The number of carbonyl (C=O) groups is 7. The van der Waals surface area contributed by atoms with Crippen LogP contribution in [0.15, 0.2) is 36.4 Å². The van der Waals surface area contributed by atoms with Gasteiger partial charge in [0.25, 0.3) is 11.8 Å². The van der Waals surface area contributed by atoms with Gasteiger partial charge < -0.3 is 30.7 Å². The number of anilines is 1. The first-order chi connectivity index (χ1) is 20.1. The van der Waals surface area contributed by atoms with Gasteiger partial charge in [-0.1, -0.05) is 26.0 Å². The zero-order valence-corrected chi connectivity index (χ0v) is 25.1. The number of esters is 1. The summed E-state index contributed by atoms with van der Waals surface area (Å²) in [6, 6.07) is 4.59. The maximum absolute atomic E-state index is 12.7. The third-order valence-electron chi connectivity index (χ3n) is 5.85. The van der Waals surface area contributed by atoms with Gasteiger partial charge in [0.2, 0.25) is 17.7 Å². The highest BCUT2D eigenvalue weighted by Gasteiger charge is 2.27. The van der Waals surface area contributed by atoms with Gasteiger partial charge in [-0.3, -0.25) is 28.9 Å². The molecule has 6 amide bonds. The summed E-state index contributed by atoms with van der Waals surface area (Å²) >= 11 is 0. The SMILES string of the molecule is CC(NC(=O)OCc1ccc(NC(=O)CNC(=O)C(NC(=O)CCN2C(=O)C=CC2=O)C(C)C)cc1)C(=O)OC(C)(C)C. The predicted molar refractivity (Wildman–Crippen MR) is 154 cm³/mol. The Labute approximate surface area is 249 Å². The minimum atomic E-state index is -0.938. The first kappa shape index (κ1) is 34.5. The minimum absolute atomic E-state index is 0.0823. The Hall–Kier alpha value is -4.75. The Balaban J connectivity index is 1.75. The van der Waals surface area contributed by atoms with Crippen LogP contribution in [0.4, 0.5) is 10.5 Å². The monoisotopic (exact) mass is 601 g/mol. The van der Waals surface area contributed by atoms with Gasteiger partial charge >= 0.3 is 12.1 Å². The number of nitrogens with zero attached hydrogens (tertiary/aromatic N) is 1. The lowest BCUT2D eigenvalue weighted by molar-refractivity contribution is -0.156. The smallest absolute Gasteiger partial charge is 0.408 e. The zero-order chi connectivity index (χ0) is 32.3. The lowest BCUT2D eigenvalue weighted by Crippen LogP contribution is -2.51. The molecular weight excluding hydrogens is 562 g/mol. The van der Waals surface area contributed by atoms with Crippen molar-refractivity contribution in [1.82, 2.24) is 20.9 Å². The van der Waals surface area contributed by atoms with Gasteiger partial charge in [0.1, 0.15) is 24.3 Å². The third-order valence-corrected chi connectivity index (χ3v) is 5.85. The molecule has 1 aromatic rings. The van der Waals surface area contributed by atoms with Gasteiger partial charge in [-0.15, -0.1) is 0 Å². The first-order valence-corrected chi connectivity index (χ1v) is 13.7. The molecule has 234 valence electrons. The molecule has 1 aliphatic rings. The molecular formula is C29H39N5O9. The van der Waals surface area contributed by atoms with Crippen LogP contribution in [0.25, 0.3) is 0 Å². The molecule has 43 heavy (non-hydrogen) atoms. The minimum Gasteiger partial charge on any atom is -0.458 e. The number of imide groups is 1. The summed E-state index contributed by atoms with van der Waals surface area (Å²) in [5.41, 5.74) is 0.366. The van der Waals surface area contributed by atoms with Crippen molar-refractivity contribution in [2.24, 2.45) is 5.92 Å². The molecule has 0 bridgehead atoms. The van der Waals surface area contributed by atoms with E-state index in [1.807, 2.05) is 0 Å². The van der Waals surface area contributed by atoms with E-state index >= 15 is 0 Å². The second kappa shape index (κ2) is 15.5. The molecule has 14 nitrogen and oxygen atoms in total. The fourth-order valence-electron chi connectivity index (χ4n) is 3.63. The molecule has 1 aromatic carbocycles. The summed E-state index contributed by atoms with van der Waals surface area (Å²) in [5.74, 6) is -3.50. The average Bonchev–Trinajstić information content (AvgIpc) is 3.24.